The number of para-hydroxylation sites is 4. The van der Waals surface area contributed by atoms with Crippen LogP contribution in [0, 0.1) is 12.1 Å². The average Bonchev–Trinajstić information content (AvgIpc) is 3.30. The van der Waals surface area contributed by atoms with E-state index < -0.39 is 26.7 Å². The Morgan fingerprint density at radius 2 is 0.967 bits per heavy atom. The molecule has 1 aliphatic heterocycles. The minimum atomic E-state index is -4.06. The molecule has 0 spiro atoms. The van der Waals surface area contributed by atoms with Crippen molar-refractivity contribution in [3.8, 4) is 27.9 Å². The normalized spacial score (nSPS) is 12.5. The molecule has 0 saturated carbocycles. The number of pyridine rings is 1. The zero-order valence-electron chi connectivity index (χ0n) is 31.7. The van der Waals surface area contributed by atoms with Crippen LogP contribution < -0.4 is 10.3 Å². The molecule has 0 saturated heterocycles. The maximum absolute atomic E-state index is 14.4. The van der Waals surface area contributed by atoms with E-state index >= 15 is 0 Å². The molecule has 8 aromatic carbocycles. The van der Waals surface area contributed by atoms with Crippen molar-refractivity contribution in [2.45, 2.75) is 9.79 Å². The molecule has 0 atom stereocenters. The third kappa shape index (κ3) is 6.78. The van der Waals surface area contributed by atoms with Crippen molar-refractivity contribution in [1.82, 2.24) is 4.57 Å². The zero-order chi connectivity index (χ0) is 41.4. The third-order valence-electron chi connectivity index (χ3n) is 10.6. The quantitative estimate of drug-likeness (QED) is 0.122. The number of aromatic nitrogens is 1. The van der Waals surface area contributed by atoms with E-state index in [0.29, 0.717) is 21.9 Å². The number of carbonyl (C=O) groups is 1. The van der Waals surface area contributed by atoms with Gasteiger partial charge in [-0.05, 0) is 95.1 Å². The molecule has 0 unspecified atom stereocenters. The standard InChI is InChI=1S/C50H30N2O4S.CH2.O.Os/c53-49-41-15-7-9-17-45(41)52(46-18-10-8-16-42(46)49)40-27-21-34(22-28-40)36-24-30-44-48(32-36)57(55,56)47-31-35(23-29-43(47)50(44)54)33-19-25-39(26-20-33)51(37-11-3-1-4-12-37)38-13-5-2-6-14-38;;;/h1-11,13,15-32H;1H2;;/q-2;;;+2. The second-order valence-electron chi connectivity index (χ2n) is 14.0. The Balaban J connectivity index is 0.00000150. The van der Waals surface area contributed by atoms with Crippen LogP contribution in [0.15, 0.2) is 197 Å². The molecule has 0 radical (unpaired) electrons. The number of benzene rings is 8. The number of hydrogen-bond acceptors (Lipinski definition) is 6. The Morgan fingerprint density at radius 1 is 0.533 bits per heavy atom. The number of hydrogen-bond donors (Lipinski definition) is 0. The Morgan fingerprint density at radius 3 is 1.43 bits per heavy atom. The zero-order valence-corrected chi connectivity index (χ0v) is 35.1. The molecule has 9 aromatic rings. The number of sulfone groups is 1. The van der Waals surface area contributed by atoms with Crippen LogP contribution >= 0.6 is 0 Å². The minimum absolute atomic E-state index is 0.00884. The summed E-state index contributed by atoms with van der Waals surface area (Å²) in [5.41, 5.74) is 8.27. The summed E-state index contributed by atoms with van der Waals surface area (Å²) in [4.78, 5) is 29.2. The van der Waals surface area contributed by atoms with Crippen molar-refractivity contribution in [3.63, 3.8) is 0 Å². The first kappa shape index (κ1) is 38.5. The van der Waals surface area contributed by atoms with Crippen LogP contribution in [0.4, 0.5) is 17.1 Å². The van der Waals surface area contributed by atoms with E-state index in [2.05, 4.69) is 26.7 Å². The summed E-state index contributed by atoms with van der Waals surface area (Å²) in [5.74, 6) is -0.329. The fourth-order valence-corrected chi connectivity index (χ4v) is 9.52. The average molecular weight is 975 g/mol. The van der Waals surface area contributed by atoms with Crippen molar-refractivity contribution in [2.24, 2.45) is 0 Å². The second kappa shape index (κ2) is 16.0. The molecule has 0 bridgehead atoms. The second-order valence-corrected chi connectivity index (χ2v) is 16.6. The first-order valence-electron chi connectivity index (χ1n) is 18.8. The molecule has 1 aromatic heterocycles. The van der Waals surface area contributed by atoms with Gasteiger partial charge in [0.15, 0.2) is 11.2 Å². The summed E-state index contributed by atoms with van der Waals surface area (Å²) >= 11 is -1.08. The van der Waals surface area contributed by atoms with Gasteiger partial charge in [0.05, 0.1) is 20.8 Å². The first-order chi connectivity index (χ1) is 29.3. The van der Waals surface area contributed by atoms with Gasteiger partial charge in [0.2, 0.25) is 9.84 Å². The molecule has 290 valence electrons. The van der Waals surface area contributed by atoms with Crippen LogP contribution in [0.25, 0.3) is 49.7 Å². The molecule has 1 aliphatic rings. The summed E-state index contributed by atoms with van der Waals surface area (Å²) in [7, 11) is -4.06. The van der Waals surface area contributed by atoms with Crippen LogP contribution in [0.3, 0.4) is 0 Å². The third-order valence-corrected chi connectivity index (χ3v) is 12.4. The SMILES string of the molecule is O=C1c2ccc(-c3ccc(N(c4[c-]cccc4)c4[c-]cccc4)cc3)cc2S(=O)(=O)c2cc(-c3ccc(-n4c5ccccc5c(=O)c5ccccc54)cc3)ccc21.[CH2]=[Os+2]=[O]. The van der Waals surface area contributed by atoms with Gasteiger partial charge >= 0.3 is 25.5 Å². The van der Waals surface area contributed by atoms with E-state index in [9.17, 15) is 18.0 Å². The van der Waals surface area contributed by atoms with E-state index in [1.165, 1.54) is 0 Å². The van der Waals surface area contributed by atoms with Crippen molar-refractivity contribution in [3.05, 3.63) is 215 Å². The van der Waals surface area contributed by atoms with Gasteiger partial charge in [0, 0.05) is 33.3 Å². The molecule has 7 nitrogen and oxygen atoms in total. The number of carbonyl (C=O) groups excluding carboxylic acids is 1. The van der Waals surface area contributed by atoms with Gasteiger partial charge in [-0.15, -0.1) is 12.1 Å². The predicted molar refractivity (Wildman–Crippen MR) is 233 cm³/mol. The Hall–Kier alpha value is -7.04. The van der Waals surface area contributed by atoms with Gasteiger partial charge < -0.3 is 9.47 Å². The number of fused-ring (bicyclic) bond motifs is 4. The molecule has 10 rings (SSSR count). The van der Waals surface area contributed by atoms with Gasteiger partial charge in [0.1, 0.15) is 0 Å². The first-order valence-corrected chi connectivity index (χ1v) is 23.1. The molecule has 0 amide bonds. The topological polar surface area (TPSA) is 93.5 Å². The van der Waals surface area contributed by atoms with Gasteiger partial charge in [-0.3, -0.25) is 9.59 Å². The molecule has 0 N–H and O–H groups in total. The number of nitrogens with zero attached hydrogens (tertiary/aromatic N) is 2. The molecule has 2 heterocycles. The van der Waals surface area contributed by atoms with E-state index in [-0.39, 0.29) is 32.1 Å². The van der Waals surface area contributed by atoms with E-state index in [1.54, 1.807) is 36.4 Å². The van der Waals surface area contributed by atoms with Crippen molar-refractivity contribution in [1.29, 1.82) is 0 Å². The van der Waals surface area contributed by atoms with Crippen molar-refractivity contribution >= 4 is 59.6 Å². The van der Waals surface area contributed by atoms with Crippen LogP contribution in [0.2, 0.25) is 0 Å². The molecule has 9 heteroatoms. The van der Waals surface area contributed by atoms with Crippen molar-refractivity contribution < 1.29 is 33.7 Å². The van der Waals surface area contributed by atoms with Gasteiger partial charge in [-0.25, -0.2) is 8.42 Å². The van der Waals surface area contributed by atoms with Crippen LogP contribution in [0.5, 0.6) is 0 Å². The Kier molecular flexibility index (Phi) is 10.2. The molecule has 0 fully saturated rings. The Labute approximate surface area is 353 Å². The summed E-state index contributed by atoms with van der Waals surface area (Å²) in [6, 6.07) is 62.8. The monoisotopic (exact) mass is 976 g/mol. The van der Waals surface area contributed by atoms with Crippen molar-refractivity contribution in [2.75, 3.05) is 4.90 Å². The van der Waals surface area contributed by atoms with Gasteiger partial charge in [0.25, 0.3) is 0 Å². The summed E-state index contributed by atoms with van der Waals surface area (Å²) < 4.78 is 39.8. The predicted octanol–water partition coefficient (Wildman–Crippen LogP) is 10.8. The van der Waals surface area contributed by atoms with E-state index in [4.69, 9.17) is 3.54 Å². The summed E-state index contributed by atoms with van der Waals surface area (Å²) in [6.45, 7) is 0. The van der Waals surface area contributed by atoms with Gasteiger partial charge in [-0.2, -0.15) is 48.5 Å². The molecule has 0 aliphatic carbocycles. The fraction of sp³-hybridized carbons (Fsp3) is 0. The van der Waals surface area contributed by atoms with E-state index in [0.717, 1.165) is 44.9 Å². The number of rotatable bonds is 6. The fourth-order valence-electron chi connectivity index (χ4n) is 7.82. The maximum atomic E-state index is 14.4. The van der Waals surface area contributed by atoms with Crippen LogP contribution in [0.1, 0.15) is 15.9 Å². The summed E-state index contributed by atoms with van der Waals surface area (Å²) in [6.07, 6.45) is 0. The molecular weight excluding hydrogens is 943 g/mol. The summed E-state index contributed by atoms with van der Waals surface area (Å²) in [5, 5.41) is 4.32. The Bertz CT molecular complexity index is 3230. The number of anilines is 3. The van der Waals surface area contributed by atoms with E-state index in [1.807, 2.05) is 146 Å². The molecular formula is C51H32N2O5OsS. The van der Waals surface area contributed by atoms with Crippen LogP contribution in [-0.4, -0.2) is 23.8 Å². The van der Waals surface area contributed by atoms with Gasteiger partial charge in [-0.1, -0.05) is 72.0 Å². The van der Waals surface area contributed by atoms with Crippen LogP contribution in [-0.2, 0) is 30.3 Å². The molecule has 60 heavy (non-hydrogen) atoms. The number of ketones is 1.